The zero-order chi connectivity index (χ0) is 20.6. The number of benzene rings is 2. The van der Waals surface area contributed by atoms with Gasteiger partial charge in [-0.05, 0) is 48.1 Å². The van der Waals surface area contributed by atoms with E-state index in [-0.39, 0.29) is 24.4 Å². The van der Waals surface area contributed by atoms with E-state index in [0.29, 0.717) is 0 Å². The van der Waals surface area contributed by atoms with Crippen LogP contribution in [0.25, 0.3) is 0 Å². The van der Waals surface area contributed by atoms with Crippen molar-refractivity contribution >= 4 is 11.9 Å². The highest BCUT2D eigenvalue weighted by molar-refractivity contribution is 5.95. The first-order chi connectivity index (χ1) is 14.0. The lowest BCUT2D eigenvalue weighted by molar-refractivity contribution is -0.119. The van der Waals surface area contributed by atoms with Gasteiger partial charge in [-0.25, -0.2) is 9.18 Å². The van der Waals surface area contributed by atoms with Crippen molar-refractivity contribution in [3.63, 3.8) is 0 Å². The van der Waals surface area contributed by atoms with Gasteiger partial charge in [-0.3, -0.25) is 15.4 Å². The van der Waals surface area contributed by atoms with Gasteiger partial charge in [0, 0.05) is 6.04 Å². The van der Waals surface area contributed by atoms with E-state index in [1.165, 1.54) is 17.7 Å². The Morgan fingerprint density at radius 1 is 1.07 bits per heavy atom. The van der Waals surface area contributed by atoms with E-state index in [1.54, 1.807) is 6.07 Å². The first-order valence-corrected chi connectivity index (χ1v) is 10.2. The Labute approximate surface area is 171 Å². The molecule has 1 aliphatic carbocycles. The molecule has 2 aromatic rings. The summed E-state index contributed by atoms with van der Waals surface area (Å²) in [6, 6.07) is 13.6. The molecule has 3 N–H and O–H groups in total. The molecule has 3 rings (SSSR count). The zero-order valence-corrected chi connectivity index (χ0v) is 16.7. The second-order valence-corrected chi connectivity index (χ2v) is 7.47. The van der Waals surface area contributed by atoms with Crippen molar-refractivity contribution in [1.82, 2.24) is 16.0 Å². The van der Waals surface area contributed by atoms with Gasteiger partial charge < -0.3 is 5.32 Å². The van der Waals surface area contributed by atoms with Gasteiger partial charge in [0.1, 0.15) is 5.82 Å². The molecule has 0 saturated heterocycles. The molecule has 1 aliphatic rings. The number of carbonyl (C=O) groups excluding carboxylic acids is 2. The molecule has 3 amide bonds. The normalized spacial score (nSPS) is 15.1. The summed E-state index contributed by atoms with van der Waals surface area (Å²) in [5, 5.41) is 8.36. The third-order valence-corrected chi connectivity index (χ3v) is 5.31. The lowest BCUT2D eigenvalue weighted by Gasteiger charge is -2.20. The Hall–Kier alpha value is -2.73. The van der Waals surface area contributed by atoms with Crippen molar-refractivity contribution < 1.29 is 14.0 Å². The molecule has 2 aromatic carbocycles. The summed E-state index contributed by atoms with van der Waals surface area (Å²) in [6.07, 6.45) is 5.04. The summed E-state index contributed by atoms with van der Waals surface area (Å²) in [7, 11) is 0. The zero-order valence-electron chi connectivity index (χ0n) is 16.7. The first-order valence-electron chi connectivity index (χ1n) is 10.2. The van der Waals surface area contributed by atoms with Crippen LogP contribution in [0.4, 0.5) is 9.18 Å². The van der Waals surface area contributed by atoms with E-state index in [2.05, 4.69) is 22.9 Å². The van der Waals surface area contributed by atoms with Gasteiger partial charge in [0.15, 0.2) is 0 Å². The van der Waals surface area contributed by atoms with Crippen LogP contribution in [-0.2, 0) is 11.2 Å². The van der Waals surface area contributed by atoms with Gasteiger partial charge in [-0.2, -0.15) is 0 Å². The van der Waals surface area contributed by atoms with Gasteiger partial charge in [0.25, 0.3) is 0 Å². The Bertz CT molecular complexity index is 832. The number of urea groups is 1. The largest absolute Gasteiger partial charge is 0.335 e. The lowest BCUT2D eigenvalue weighted by atomic mass is 9.97. The Kier molecular flexibility index (Phi) is 7.36. The van der Waals surface area contributed by atoms with E-state index in [4.69, 9.17) is 0 Å². The second kappa shape index (κ2) is 10.2. The van der Waals surface area contributed by atoms with Crippen LogP contribution in [0.1, 0.15) is 55.3 Å². The van der Waals surface area contributed by atoms with Crippen LogP contribution in [0.2, 0.25) is 0 Å². The van der Waals surface area contributed by atoms with Crippen LogP contribution < -0.4 is 16.0 Å². The highest BCUT2D eigenvalue weighted by Crippen LogP contribution is 2.23. The van der Waals surface area contributed by atoms with Crippen LogP contribution >= 0.6 is 0 Å². The van der Waals surface area contributed by atoms with Crippen molar-refractivity contribution in [3.8, 4) is 0 Å². The number of nitrogens with one attached hydrogen (secondary N) is 3. The maximum Gasteiger partial charge on any atom is 0.321 e. The lowest BCUT2D eigenvalue weighted by Crippen LogP contribution is -2.46. The maximum atomic E-state index is 13.8. The number of imide groups is 1. The predicted octanol–water partition coefficient (Wildman–Crippen LogP) is 3.84. The fraction of sp³-hybridized carbons (Fsp3) is 0.391. The van der Waals surface area contributed by atoms with Gasteiger partial charge in [-0.1, -0.05) is 56.2 Å². The van der Waals surface area contributed by atoms with E-state index < -0.39 is 11.9 Å². The van der Waals surface area contributed by atoms with Gasteiger partial charge >= 0.3 is 6.03 Å². The standard InChI is InChI=1S/C23H28FN3O2/c1-2-16-10-12-17(13-11-16)22(18-6-5-7-19(24)14-18)25-15-21(28)27-23(29)26-20-8-3-4-9-20/h5-7,10-14,20,22,25H,2-4,8-9,15H2,1H3,(H2,26,27,28,29)/t22-/m0/s1. The molecule has 6 heteroatoms. The van der Waals surface area contributed by atoms with Crippen LogP contribution in [0.15, 0.2) is 48.5 Å². The number of rotatable bonds is 7. The van der Waals surface area contributed by atoms with Crippen LogP contribution in [0.3, 0.4) is 0 Å². The molecule has 1 saturated carbocycles. The van der Waals surface area contributed by atoms with Crippen LogP contribution in [0, 0.1) is 5.82 Å². The molecule has 1 fully saturated rings. The number of carbonyl (C=O) groups is 2. The number of hydrogen-bond acceptors (Lipinski definition) is 3. The van der Waals surface area contributed by atoms with Gasteiger partial charge in [0.05, 0.1) is 12.6 Å². The summed E-state index contributed by atoms with van der Waals surface area (Å²) < 4.78 is 13.8. The van der Waals surface area contributed by atoms with Gasteiger partial charge in [0.2, 0.25) is 5.91 Å². The second-order valence-electron chi connectivity index (χ2n) is 7.47. The molecule has 0 spiro atoms. The fourth-order valence-corrected chi connectivity index (χ4v) is 3.72. The molecule has 0 aromatic heterocycles. The molecule has 0 radical (unpaired) electrons. The summed E-state index contributed by atoms with van der Waals surface area (Å²) in [4.78, 5) is 24.2. The number of hydrogen-bond donors (Lipinski definition) is 3. The summed E-state index contributed by atoms with van der Waals surface area (Å²) in [5.74, 6) is -0.757. The van der Waals surface area contributed by atoms with Crippen molar-refractivity contribution in [1.29, 1.82) is 0 Å². The smallest absolute Gasteiger partial charge is 0.321 e. The van der Waals surface area contributed by atoms with Crippen molar-refractivity contribution in [2.24, 2.45) is 0 Å². The molecule has 29 heavy (non-hydrogen) atoms. The summed E-state index contributed by atoms with van der Waals surface area (Å²) in [5.41, 5.74) is 2.85. The number of amides is 3. The quantitative estimate of drug-likeness (QED) is 0.665. The van der Waals surface area contributed by atoms with Crippen LogP contribution in [-0.4, -0.2) is 24.5 Å². The van der Waals surface area contributed by atoms with Crippen molar-refractivity contribution in [2.75, 3.05) is 6.54 Å². The molecule has 0 heterocycles. The van der Waals surface area contributed by atoms with E-state index in [9.17, 15) is 14.0 Å². The third-order valence-electron chi connectivity index (χ3n) is 5.31. The van der Waals surface area contributed by atoms with Crippen LogP contribution in [0.5, 0.6) is 0 Å². The summed E-state index contributed by atoms with van der Waals surface area (Å²) >= 11 is 0. The predicted molar refractivity (Wildman–Crippen MR) is 111 cm³/mol. The minimum absolute atomic E-state index is 0.0607. The van der Waals surface area contributed by atoms with E-state index >= 15 is 0 Å². The summed E-state index contributed by atoms with van der Waals surface area (Å²) in [6.45, 7) is 2.02. The van der Waals surface area contributed by atoms with Crippen molar-refractivity contribution in [2.45, 2.75) is 51.1 Å². The third kappa shape index (κ3) is 6.12. The van der Waals surface area contributed by atoms with E-state index in [1.807, 2.05) is 30.3 Å². The molecule has 1 atom stereocenters. The monoisotopic (exact) mass is 397 g/mol. The Morgan fingerprint density at radius 2 is 1.79 bits per heavy atom. The highest BCUT2D eigenvalue weighted by Gasteiger charge is 2.20. The molecule has 0 unspecified atom stereocenters. The molecule has 5 nitrogen and oxygen atoms in total. The number of aryl methyl sites for hydroxylation is 1. The molecule has 154 valence electrons. The number of halogens is 1. The Balaban J connectivity index is 1.64. The average Bonchev–Trinajstić information content (AvgIpc) is 3.21. The minimum Gasteiger partial charge on any atom is -0.335 e. The SMILES string of the molecule is CCc1ccc([C@H](NCC(=O)NC(=O)NC2CCCC2)c2cccc(F)c2)cc1. The molecule has 0 aliphatic heterocycles. The first kappa shape index (κ1) is 21.0. The molecular weight excluding hydrogens is 369 g/mol. The van der Waals surface area contributed by atoms with Crippen molar-refractivity contribution in [3.05, 3.63) is 71.0 Å². The fourth-order valence-electron chi connectivity index (χ4n) is 3.72. The highest BCUT2D eigenvalue weighted by atomic mass is 19.1. The molecular formula is C23H28FN3O2. The average molecular weight is 397 g/mol. The minimum atomic E-state index is -0.460. The maximum absolute atomic E-state index is 13.8. The molecule has 0 bridgehead atoms. The Morgan fingerprint density at radius 3 is 2.45 bits per heavy atom. The topological polar surface area (TPSA) is 70.2 Å². The van der Waals surface area contributed by atoms with Gasteiger partial charge in [-0.15, -0.1) is 0 Å². The van der Waals surface area contributed by atoms with E-state index in [0.717, 1.165) is 43.2 Å².